The van der Waals surface area contributed by atoms with Crippen molar-refractivity contribution in [2.45, 2.75) is 26.7 Å². The molecule has 4 heteroatoms. The molecule has 13 rings (SSSR count). The second-order valence-corrected chi connectivity index (χ2v) is 22.7. The largest absolute Gasteiger partial charge is 0.458 e. The van der Waals surface area contributed by atoms with Gasteiger partial charge in [-0.05, 0) is 144 Å². The summed E-state index contributed by atoms with van der Waals surface area (Å²) in [5.74, 6) is 2.92. The Bertz CT molecular complexity index is 3660. The number of allylic oxidation sites excluding steroid dienone is 5. The van der Waals surface area contributed by atoms with Crippen LogP contribution in [0.5, 0.6) is 11.5 Å². The minimum atomic E-state index is -2.89. The number of rotatable bonds is 7. The zero-order chi connectivity index (χ0) is 45.3. The number of para-hydroxylation sites is 3. The van der Waals surface area contributed by atoms with Crippen molar-refractivity contribution in [3.8, 4) is 22.6 Å². The number of benzene rings is 9. The van der Waals surface area contributed by atoms with Gasteiger partial charge >= 0.3 is 0 Å². The number of hydrogen-bond acceptors (Lipinski definition) is 3. The Morgan fingerprint density at radius 1 is 0.500 bits per heavy atom. The van der Waals surface area contributed by atoms with Crippen LogP contribution >= 0.6 is 0 Å². The van der Waals surface area contributed by atoms with Crippen LogP contribution in [-0.2, 0) is 6.42 Å². The molecule has 0 spiro atoms. The summed E-state index contributed by atoms with van der Waals surface area (Å²) in [5.41, 5.74) is 12.9. The predicted molar refractivity (Wildman–Crippen MR) is 288 cm³/mol. The SMILES string of the molecule is CC1C=CC=C(c2ccc([Si]3(c4ccc5cc(N(c6ccc(-c7cccc8c7CC(C)C=C8)cc6)c6ccc7c(c6)oc6ccccc67)ccc5c4)c4ccccc4Oc4ccccc43)cc2)C1. The molecular weight excluding hydrogens is 843 g/mol. The number of nitrogens with zero attached hydrogens (tertiary/aromatic N) is 1. The Hall–Kier alpha value is -7.92. The quantitative estimate of drug-likeness (QED) is 0.149. The second kappa shape index (κ2) is 16.2. The zero-order valence-electron chi connectivity index (χ0n) is 38.2. The van der Waals surface area contributed by atoms with Crippen molar-refractivity contribution in [3.05, 3.63) is 235 Å². The molecule has 3 aliphatic rings. The van der Waals surface area contributed by atoms with Crippen LogP contribution in [-0.4, -0.2) is 8.07 Å². The summed E-state index contributed by atoms with van der Waals surface area (Å²) in [5, 5.41) is 9.84. The maximum Gasteiger partial charge on any atom is 0.188 e. The van der Waals surface area contributed by atoms with Gasteiger partial charge in [-0.1, -0.05) is 178 Å². The second-order valence-electron chi connectivity index (χ2n) is 19.0. The third-order valence-corrected chi connectivity index (χ3v) is 19.5. The molecule has 2 unspecified atom stereocenters. The van der Waals surface area contributed by atoms with Gasteiger partial charge in [-0.3, -0.25) is 0 Å². The molecule has 10 aromatic rings. The van der Waals surface area contributed by atoms with Crippen LogP contribution in [0.1, 0.15) is 37.0 Å². The number of hydrogen-bond donors (Lipinski definition) is 0. The molecule has 2 aliphatic carbocycles. The minimum absolute atomic E-state index is 0.518. The standard InChI is InChI=1S/C64H49NO2Si/c1-42-11-9-13-47(37-42)44-26-33-53(34-27-44)68(63-19-7-5-17-60(63)67-61-18-6-8-20-64(61)68)54-35-28-48-39-51(31-25-49(48)40-54)65(52-32-36-57-56-14-3-4-16-59(56)66-62(57)41-52)50-29-23-46(24-30-50)55-15-10-12-45-22-21-43(2)38-58(45)55/h3-36,39-43H,37-38H2,1-2H3. The van der Waals surface area contributed by atoms with E-state index in [4.69, 9.17) is 9.15 Å². The highest BCUT2D eigenvalue weighted by atomic mass is 28.3. The summed E-state index contributed by atoms with van der Waals surface area (Å²) in [7, 11) is -2.89. The Morgan fingerprint density at radius 2 is 1.15 bits per heavy atom. The van der Waals surface area contributed by atoms with Crippen LogP contribution in [0, 0.1) is 11.8 Å². The highest BCUT2D eigenvalue weighted by Crippen LogP contribution is 2.41. The van der Waals surface area contributed by atoms with E-state index in [9.17, 15) is 0 Å². The lowest BCUT2D eigenvalue weighted by Crippen LogP contribution is -2.76. The fourth-order valence-electron chi connectivity index (χ4n) is 11.4. The van der Waals surface area contributed by atoms with Crippen molar-refractivity contribution in [3.63, 3.8) is 0 Å². The van der Waals surface area contributed by atoms with Gasteiger partial charge in [-0.15, -0.1) is 0 Å². The topological polar surface area (TPSA) is 25.6 Å². The first-order valence-electron chi connectivity index (χ1n) is 24.0. The smallest absolute Gasteiger partial charge is 0.188 e. The molecule has 0 N–H and O–H groups in total. The molecule has 2 heterocycles. The molecule has 0 saturated heterocycles. The van der Waals surface area contributed by atoms with Gasteiger partial charge in [0.2, 0.25) is 0 Å². The van der Waals surface area contributed by atoms with E-state index >= 15 is 0 Å². The number of fused-ring (bicyclic) bond motifs is 7. The van der Waals surface area contributed by atoms with Gasteiger partial charge in [0.05, 0.1) is 0 Å². The summed E-state index contributed by atoms with van der Waals surface area (Å²) in [4.78, 5) is 2.37. The average molecular weight is 892 g/mol. The lowest BCUT2D eigenvalue weighted by atomic mass is 9.85. The van der Waals surface area contributed by atoms with Gasteiger partial charge in [-0.2, -0.15) is 0 Å². The van der Waals surface area contributed by atoms with E-state index in [1.165, 1.54) is 64.9 Å². The molecule has 1 aromatic heterocycles. The lowest BCUT2D eigenvalue weighted by molar-refractivity contribution is 0.487. The Kier molecular flexibility index (Phi) is 9.59. The number of anilines is 3. The van der Waals surface area contributed by atoms with Gasteiger partial charge in [0.25, 0.3) is 0 Å². The Morgan fingerprint density at radius 3 is 1.96 bits per heavy atom. The summed E-state index contributed by atoms with van der Waals surface area (Å²) < 4.78 is 13.2. The summed E-state index contributed by atoms with van der Waals surface area (Å²) >= 11 is 0. The molecule has 3 nitrogen and oxygen atoms in total. The van der Waals surface area contributed by atoms with E-state index in [-0.39, 0.29) is 0 Å². The van der Waals surface area contributed by atoms with Crippen LogP contribution in [0.4, 0.5) is 17.1 Å². The van der Waals surface area contributed by atoms with Crippen molar-refractivity contribution in [2.24, 2.45) is 11.8 Å². The normalized spacial score (nSPS) is 16.8. The van der Waals surface area contributed by atoms with Crippen molar-refractivity contribution in [1.29, 1.82) is 0 Å². The third-order valence-electron chi connectivity index (χ3n) is 14.7. The van der Waals surface area contributed by atoms with Gasteiger partial charge in [-0.25, -0.2) is 0 Å². The predicted octanol–water partition coefficient (Wildman–Crippen LogP) is 14.5. The summed E-state index contributed by atoms with van der Waals surface area (Å²) in [6, 6.07) is 71.9. The maximum absolute atomic E-state index is 6.73. The van der Waals surface area contributed by atoms with Crippen LogP contribution in [0.15, 0.2) is 223 Å². The van der Waals surface area contributed by atoms with Crippen LogP contribution in [0.25, 0.3) is 55.5 Å². The molecule has 0 saturated carbocycles. The van der Waals surface area contributed by atoms with Crippen molar-refractivity contribution < 1.29 is 9.15 Å². The summed E-state index contributed by atoms with van der Waals surface area (Å²) in [6.07, 6.45) is 13.5. The van der Waals surface area contributed by atoms with Crippen molar-refractivity contribution >= 4 is 90.2 Å². The van der Waals surface area contributed by atoms with Crippen molar-refractivity contribution in [1.82, 2.24) is 0 Å². The van der Waals surface area contributed by atoms with E-state index in [0.29, 0.717) is 11.8 Å². The molecule has 68 heavy (non-hydrogen) atoms. The number of furan rings is 1. The molecule has 326 valence electrons. The fraction of sp³-hybridized carbons (Fsp3) is 0.0938. The molecule has 0 fully saturated rings. The van der Waals surface area contributed by atoms with Gasteiger partial charge in [0, 0.05) is 33.9 Å². The fourth-order valence-corrected chi connectivity index (χ4v) is 16.3. The Balaban J connectivity index is 0.952. The van der Waals surface area contributed by atoms with Crippen molar-refractivity contribution in [2.75, 3.05) is 4.90 Å². The summed E-state index contributed by atoms with van der Waals surface area (Å²) in [6.45, 7) is 4.60. The maximum atomic E-state index is 6.73. The lowest BCUT2D eigenvalue weighted by Gasteiger charge is -2.39. The third kappa shape index (κ3) is 6.62. The zero-order valence-corrected chi connectivity index (χ0v) is 39.2. The van der Waals surface area contributed by atoms with Gasteiger partial charge in [0.1, 0.15) is 22.7 Å². The highest BCUT2D eigenvalue weighted by Gasteiger charge is 2.48. The highest BCUT2D eigenvalue weighted by molar-refractivity contribution is 7.20. The van der Waals surface area contributed by atoms with E-state index in [0.717, 1.165) is 63.3 Å². The molecule has 1 aliphatic heterocycles. The molecule has 0 radical (unpaired) electrons. The van der Waals surface area contributed by atoms with E-state index in [1.54, 1.807) is 0 Å². The molecule has 2 atom stereocenters. The van der Waals surface area contributed by atoms with E-state index in [2.05, 4.69) is 237 Å². The molecule has 0 bridgehead atoms. The first-order chi connectivity index (χ1) is 33.5. The van der Waals surface area contributed by atoms with E-state index < -0.39 is 8.07 Å². The molecule has 0 amide bonds. The Labute approximate surface area is 398 Å². The first kappa shape index (κ1) is 40.4. The van der Waals surface area contributed by atoms with Gasteiger partial charge < -0.3 is 14.1 Å². The number of ether oxygens (including phenoxy) is 1. The molecule has 9 aromatic carbocycles. The molecular formula is C64H49NO2Si. The van der Waals surface area contributed by atoms with Gasteiger partial charge in [0.15, 0.2) is 8.07 Å². The van der Waals surface area contributed by atoms with E-state index in [1.807, 2.05) is 6.07 Å². The van der Waals surface area contributed by atoms with Crippen LogP contribution in [0.3, 0.4) is 0 Å². The van der Waals surface area contributed by atoms with Crippen LogP contribution in [0.2, 0.25) is 0 Å². The monoisotopic (exact) mass is 891 g/mol. The average Bonchev–Trinajstić information content (AvgIpc) is 3.76. The first-order valence-corrected chi connectivity index (χ1v) is 26.0. The van der Waals surface area contributed by atoms with Crippen LogP contribution < -0.4 is 30.4 Å². The minimum Gasteiger partial charge on any atom is -0.458 e.